The topological polar surface area (TPSA) is 67.1 Å². The van der Waals surface area contributed by atoms with E-state index in [1.165, 1.54) is 15.3 Å². The number of benzene rings is 1. The monoisotopic (exact) mass is 303 g/mol. The summed E-state index contributed by atoms with van der Waals surface area (Å²) in [6, 6.07) is 7.66. The summed E-state index contributed by atoms with van der Waals surface area (Å²) < 4.78 is 0. The molecular formula is C16H21N3OS. The number of aryl methyl sites for hydroxylation is 3. The SMILES string of the molecule is Cc1ccc(NN)c(C(=O)NC(C)c2cc(C)sc2C)c1. The van der Waals surface area contributed by atoms with Crippen molar-refractivity contribution in [2.45, 2.75) is 33.7 Å². The van der Waals surface area contributed by atoms with Crippen LogP contribution in [0.5, 0.6) is 0 Å². The van der Waals surface area contributed by atoms with E-state index < -0.39 is 0 Å². The van der Waals surface area contributed by atoms with Crippen molar-refractivity contribution in [2.75, 3.05) is 5.43 Å². The average Bonchev–Trinajstić information content (AvgIpc) is 2.77. The molecular weight excluding hydrogens is 282 g/mol. The summed E-state index contributed by atoms with van der Waals surface area (Å²) >= 11 is 1.75. The van der Waals surface area contributed by atoms with Crippen molar-refractivity contribution >= 4 is 22.9 Å². The Balaban J connectivity index is 2.22. The first kappa shape index (κ1) is 15.5. The van der Waals surface area contributed by atoms with Crippen LogP contribution in [0.2, 0.25) is 0 Å². The molecule has 0 bridgehead atoms. The molecule has 0 radical (unpaired) electrons. The Morgan fingerprint density at radius 1 is 1.24 bits per heavy atom. The Kier molecular flexibility index (Phi) is 4.65. The van der Waals surface area contributed by atoms with Crippen LogP contribution in [0, 0.1) is 20.8 Å². The maximum atomic E-state index is 12.5. The molecule has 1 amide bonds. The summed E-state index contributed by atoms with van der Waals surface area (Å²) in [6.45, 7) is 8.10. The van der Waals surface area contributed by atoms with Crippen molar-refractivity contribution in [1.82, 2.24) is 5.32 Å². The molecule has 4 N–H and O–H groups in total. The van der Waals surface area contributed by atoms with Crippen LogP contribution in [-0.4, -0.2) is 5.91 Å². The Morgan fingerprint density at radius 3 is 2.52 bits per heavy atom. The maximum absolute atomic E-state index is 12.5. The zero-order valence-corrected chi connectivity index (χ0v) is 13.6. The third-order valence-corrected chi connectivity index (χ3v) is 4.45. The van der Waals surface area contributed by atoms with E-state index in [0.717, 1.165) is 5.56 Å². The minimum atomic E-state index is -0.123. The molecule has 21 heavy (non-hydrogen) atoms. The van der Waals surface area contributed by atoms with E-state index >= 15 is 0 Å². The minimum absolute atomic E-state index is 0.0337. The van der Waals surface area contributed by atoms with E-state index in [4.69, 9.17) is 5.84 Å². The van der Waals surface area contributed by atoms with Crippen molar-refractivity contribution in [3.05, 3.63) is 50.7 Å². The fourth-order valence-electron chi connectivity index (χ4n) is 2.40. The van der Waals surface area contributed by atoms with Crippen LogP contribution in [-0.2, 0) is 0 Å². The number of anilines is 1. The number of rotatable bonds is 4. The standard InChI is InChI=1S/C16H21N3OS/c1-9-5-6-15(19-17)14(7-9)16(20)18-11(3)13-8-10(2)21-12(13)4/h5-8,11,19H,17H2,1-4H3,(H,18,20). The van der Waals surface area contributed by atoms with Gasteiger partial charge in [0, 0.05) is 9.75 Å². The molecule has 2 aromatic rings. The molecule has 4 nitrogen and oxygen atoms in total. The molecule has 2 rings (SSSR count). The van der Waals surface area contributed by atoms with Gasteiger partial charge >= 0.3 is 0 Å². The number of thiophene rings is 1. The van der Waals surface area contributed by atoms with Crippen LogP contribution in [0.25, 0.3) is 0 Å². The molecule has 0 fully saturated rings. The number of hydrazine groups is 1. The van der Waals surface area contributed by atoms with Crippen LogP contribution in [0.4, 0.5) is 5.69 Å². The lowest BCUT2D eigenvalue weighted by atomic mass is 10.1. The number of hydrogen-bond donors (Lipinski definition) is 3. The van der Waals surface area contributed by atoms with Gasteiger partial charge in [-0.3, -0.25) is 10.6 Å². The van der Waals surface area contributed by atoms with Gasteiger partial charge < -0.3 is 10.7 Å². The number of carbonyl (C=O) groups is 1. The second-order valence-corrected chi connectivity index (χ2v) is 6.72. The molecule has 1 aromatic heterocycles. The molecule has 5 heteroatoms. The van der Waals surface area contributed by atoms with Gasteiger partial charge in [0.1, 0.15) is 0 Å². The first-order valence-electron chi connectivity index (χ1n) is 6.87. The van der Waals surface area contributed by atoms with E-state index in [1.807, 2.05) is 32.0 Å². The van der Waals surface area contributed by atoms with E-state index in [2.05, 4.69) is 30.7 Å². The Labute approximate surface area is 129 Å². The normalized spacial score (nSPS) is 12.0. The molecule has 1 atom stereocenters. The average molecular weight is 303 g/mol. The van der Waals surface area contributed by atoms with Gasteiger partial charge in [0.25, 0.3) is 5.91 Å². The molecule has 0 saturated carbocycles. The summed E-state index contributed by atoms with van der Waals surface area (Å²) in [5.41, 5.74) is 5.96. The van der Waals surface area contributed by atoms with Gasteiger partial charge in [-0.25, -0.2) is 0 Å². The lowest BCUT2D eigenvalue weighted by molar-refractivity contribution is 0.0940. The van der Waals surface area contributed by atoms with Crippen molar-refractivity contribution < 1.29 is 4.79 Å². The lowest BCUT2D eigenvalue weighted by Gasteiger charge is -2.16. The predicted octanol–water partition coefficient (Wildman–Crippen LogP) is 3.45. The van der Waals surface area contributed by atoms with Crippen LogP contribution in [0.15, 0.2) is 24.3 Å². The number of nitrogens with one attached hydrogen (secondary N) is 2. The van der Waals surface area contributed by atoms with E-state index in [-0.39, 0.29) is 11.9 Å². The third kappa shape index (κ3) is 3.43. The number of hydrogen-bond acceptors (Lipinski definition) is 4. The van der Waals surface area contributed by atoms with Crippen LogP contribution in [0.1, 0.15) is 44.2 Å². The minimum Gasteiger partial charge on any atom is -0.345 e. The van der Waals surface area contributed by atoms with Gasteiger partial charge in [0.05, 0.1) is 17.3 Å². The van der Waals surface area contributed by atoms with E-state index in [1.54, 1.807) is 11.3 Å². The zero-order chi connectivity index (χ0) is 15.6. The van der Waals surface area contributed by atoms with Gasteiger partial charge in [0.15, 0.2) is 0 Å². The summed E-state index contributed by atoms with van der Waals surface area (Å²) in [5.74, 6) is 5.36. The van der Waals surface area contributed by atoms with Gasteiger partial charge in [-0.15, -0.1) is 11.3 Å². The first-order chi connectivity index (χ1) is 9.92. The second kappa shape index (κ2) is 6.28. The fourth-order valence-corrected chi connectivity index (χ4v) is 3.43. The number of carbonyl (C=O) groups excluding carboxylic acids is 1. The number of nitrogens with two attached hydrogens (primary N) is 1. The van der Waals surface area contributed by atoms with Crippen molar-refractivity contribution in [3.63, 3.8) is 0 Å². The van der Waals surface area contributed by atoms with Crippen molar-refractivity contribution in [2.24, 2.45) is 5.84 Å². The highest BCUT2D eigenvalue weighted by Crippen LogP contribution is 2.26. The molecule has 0 saturated heterocycles. The fraction of sp³-hybridized carbons (Fsp3) is 0.312. The van der Waals surface area contributed by atoms with E-state index in [0.29, 0.717) is 11.3 Å². The summed E-state index contributed by atoms with van der Waals surface area (Å²) in [5, 5.41) is 3.04. The smallest absolute Gasteiger partial charge is 0.253 e. The molecule has 0 aliphatic carbocycles. The summed E-state index contributed by atoms with van der Waals surface area (Å²) in [7, 11) is 0. The molecule has 112 valence electrons. The van der Waals surface area contributed by atoms with Crippen LogP contribution in [0.3, 0.4) is 0 Å². The maximum Gasteiger partial charge on any atom is 0.253 e. The summed E-state index contributed by atoms with van der Waals surface area (Å²) in [6.07, 6.45) is 0. The molecule has 0 spiro atoms. The van der Waals surface area contributed by atoms with Crippen LogP contribution < -0.4 is 16.6 Å². The van der Waals surface area contributed by atoms with Gasteiger partial charge in [-0.1, -0.05) is 11.6 Å². The molecule has 0 aliphatic rings. The Hall–Kier alpha value is -1.85. The van der Waals surface area contributed by atoms with E-state index in [9.17, 15) is 4.79 Å². The highest BCUT2D eigenvalue weighted by atomic mass is 32.1. The van der Waals surface area contributed by atoms with Crippen molar-refractivity contribution in [3.8, 4) is 0 Å². The first-order valence-corrected chi connectivity index (χ1v) is 7.69. The zero-order valence-electron chi connectivity index (χ0n) is 12.8. The largest absolute Gasteiger partial charge is 0.345 e. The van der Waals surface area contributed by atoms with Gasteiger partial charge in [0.2, 0.25) is 0 Å². The van der Waals surface area contributed by atoms with Gasteiger partial charge in [-0.05, 0) is 51.5 Å². The van der Waals surface area contributed by atoms with Crippen LogP contribution >= 0.6 is 11.3 Å². The lowest BCUT2D eigenvalue weighted by Crippen LogP contribution is -2.28. The van der Waals surface area contributed by atoms with Crippen molar-refractivity contribution in [1.29, 1.82) is 0 Å². The second-order valence-electron chi connectivity index (χ2n) is 5.26. The molecule has 1 aromatic carbocycles. The van der Waals surface area contributed by atoms with Gasteiger partial charge in [-0.2, -0.15) is 0 Å². The third-order valence-electron chi connectivity index (χ3n) is 3.47. The molecule has 1 heterocycles. The number of amides is 1. The predicted molar refractivity (Wildman–Crippen MR) is 88.7 cm³/mol. The highest BCUT2D eigenvalue weighted by Gasteiger charge is 2.17. The molecule has 0 aliphatic heterocycles. The Morgan fingerprint density at radius 2 is 1.95 bits per heavy atom. The Bertz CT molecular complexity index is 664. The number of nitrogen functional groups attached to an aromatic ring is 1. The summed E-state index contributed by atoms with van der Waals surface area (Å²) in [4.78, 5) is 15.0. The quantitative estimate of drug-likeness (QED) is 0.598. The molecule has 1 unspecified atom stereocenters. The highest BCUT2D eigenvalue weighted by molar-refractivity contribution is 7.12.